The van der Waals surface area contributed by atoms with Crippen molar-refractivity contribution in [3.63, 3.8) is 0 Å². The zero-order valence-electron chi connectivity index (χ0n) is 14.0. The Morgan fingerprint density at radius 2 is 2.05 bits per heavy atom. The van der Waals surface area contributed by atoms with Gasteiger partial charge >= 0.3 is 0 Å². The predicted octanol–water partition coefficient (Wildman–Crippen LogP) is 4.34. The first-order valence-corrected chi connectivity index (χ1v) is 8.23. The Morgan fingerprint density at radius 3 is 2.55 bits per heavy atom. The number of rotatable bonds is 7. The van der Waals surface area contributed by atoms with E-state index in [0.29, 0.717) is 0 Å². The van der Waals surface area contributed by atoms with Gasteiger partial charge in [-0.25, -0.2) is 0 Å². The molecule has 3 heteroatoms. The largest absolute Gasteiger partial charge is 0.307 e. The molecule has 0 unspecified atom stereocenters. The first kappa shape index (κ1) is 17.4. The maximum Gasteiger partial charge on any atom is 0.0304 e. The van der Waals surface area contributed by atoms with Crippen molar-refractivity contribution < 1.29 is 0 Å². The first-order valence-electron chi connectivity index (χ1n) is 7.41. The van der Waals surface area contributed by atoms with Crippen LogP contribution in [-0.2, 0) is 13.1 Å². The smallest absolute Gasteiger partial charge is 0.0304 e. The Bertz CT molecular complexity index is 440. The van der Waals surface area contributed by atoms with Gasteiger partial charge in [0.05, 0.1) is 0 Å². The first-order chi connectivity index (χ1) is 9.21. The summed E-state index contributed by atoms with van der Waals surface area (Å²) in [5, 5.41) is 3.56. The van der Waals surface area contributed by atoms with Gasteiger partial charge in [0.2, 0.25) is 0 Å². The number of nitrogens with zero attached hydrogens (tertiary/aromatic N) is 1. The van der Waals surface area contributed by atoms with E-state index >= 15 is 0 Å². The van der Waals surface area contributed by atoms with E-state index < -0.39 is 0 Å². The number of hydrogen-bond donors (Lipinski definition) is 1. The van der Waals surface area contributed by atoms with Crippen LogP contribution >= 0.6 is 11.3 Å². The standard InChI is InChI=1S/C17H30N2S/c1-8-19(11-13(2)3)12-15-9-16(20-14(15)4)10-18-17(5,6)7/h9,18H,2,8,10-12H2,1,3-7H3. The highest BCUT2D eigenvalue weighted by Crippen LogP contribution is 2.23. The van der Waals surface area contributed by atoms with E-state index in [-0.39, 0.29) is 5.54 Å². The number of hydrogen-bond acceptors (Lipinski definition) is 3. The van der Waals surface area contributed by atoms with Crippen molar-refractivity contribution in [3.8, 4) is 0 Å². The summed E-state index contributed by atoms with van der Waals surface area (Å²) >= 11 is 1.91. The number of thiophene rings is 1. The normalized spacial score (nSPS) is 12.2. The third-order valence-corrected chi connectivity index (χ3v) is 4.29. The lowest BCUT2D eigenvalue weighted by Crippen LogP contribution is -2.34. The highest BCUT2D eigenvalue weighted by Gasteiger charge is 2.12. The van der Waals surface area contributed by atoms with E-state index in [1.165, 1.54) is 20.9 Å². The Kier molecular flexibility index (Phi) is 6.44. The molecular weight excluding hydrogens is 264 g/mol. The average molecular weight is 295 g/mol. The lowest BCUT2D eigenvalue weighted by Gasteiger charge is -2.20. The molecule has 0 amide bonds. The summed E-state index contributed by atoms with van der Waals surface area (Å²) in [6.45, 7) is 21.2. The Labute approximate surface area is 128 Å². The van der Waals surface area contributed by atoms with Crippen LogP contribution in [0.25, 0.3) is 0 Å². The third kappa shape index (κ3) is 6.21. The van der Waals surface area contributed by atoms with Crippen molar-refractivity contribution >= 4 is 11.3 Å². The SMILES string of the molecule is C=C(C)CN(CC)Cc1cc(CNC(C)(C)C)sc1C. The molecule has 0 saturated heterocycles. The van der Waals surface area contributed by atoms with Gasteiger partial charge in [0, 0.05) is 34.9 Å². The molecule has 1 heterocycles. The van der Waals surface area contributed by atoms with Crippen molar-refractivity contribution in [2.45, 2.75) is 60.2 Å². The highest BCUT2D eigenvalue weighted by atomic mass is 32.1. The van der Waals surface area contributed by atoms with Crippen molar-refractivity contribution in [3.05, 3.63) is 33.5 Å². The Morgan fingerprint density at radius 1 is 1.40 bits per heavy atom. The molecule has 0 saturated carbocycles. The molecule has 0 spiro atoms. The molecule has 0 aromatic carbocycles. The van der Waals surface area contributed by atoms with Crippen molar-refractivity contribution in [2.24, 2.45) is 0 Å². The minimum atomic E-state index is 0.174. The third-order valence-electron chi connectivity index (χ3n) is 3.20. The molecule has 1 N–H and O–H groups in total. The van der Waals surface area contributed by atoms with Gasteiger partial charge in [0.15, 0.2) is 0 Å². The van der Waals surface area contributed by atoms with Gasteiger partial charge < -0.3 is 5.32 Å². The van der Waals surface area contributed by atoms with Gasteiger partial charge in [-0.05, 0) is 52.8 Å². The summed E-state index contributed by atoms with van der Waals surface area (Å²) in [4.78, 5) is 5.31. The summed E-state index contributed by atoms with van der Waals surface area (Å²) in [7, 11) is 0. The lowest BCUT2D eigenvalue weighted by atomic mass is 10.1. The van der Waals surface area contributed by atoms with Crippen LogP contribution in [0.1, 0.15) is 49.9 Å². The van der Waals surface area contributed by atoms with E-state index in [4.69, 9.17) is 0 Å². The summed E-state index contributed by atoms with van der Waals surface area (Å²) in [6, 6.07) is 2.36. The van der Waals surface area contributed by atoms with Crippen LogP contribution in [-0.4, -0.2) is 23.5 Å². The van der Waals surface area contributed by atoms with Gasteiger partial charge in [0.25, 0.3) is 0 Å². The van der Waals surface area contributed by atoms with Crippen LogP contribution in [0.5, 0.6) is 0 Å². The molecule has 114 valence electrons. The molecule has 0 bridgehead atoms. The molecule has 0 radical (unpaired) electrons. The van der Waals surface area contributed by atoms with Crippen LogP contribution in [0.2, 0.25) is 0 Å². The number of nitrogens with one attached hydrogen (secondary N) is 1. The molecule has 0 atom stereocenters. The summed E-state index contributed by atoms with van der Waals surface area (Å²) in [5.74, 6) is 0. The van der Waals surface area contributed by atoms with Crippen molar-refractivity contribution in [1.82, 2.24) is 10.2 Å². The van der Waals surface area contributed by atoms with Crippen LogP contribution in [0.3, 0.4) is 0 Å². The summed E-state index contributed by atoms with van der Waals surface area (Å²) in [5.41, 5.74) is 2.87. The maximum atomic E-state index is 4.02. The maximum absolute atomic E-state index is 4.02. The van der Waals surface area contributed by atoms with Gasteiger partial charge in [0.1, 0.15) is 0 Å². The monoisotopic (exact) mass is 294 g/mol. The second-order valence-corrected chi connectivity index (χ2v) is 8.00. The quantitative estimate of drug-likeness (QED) is 0.752. The van der Waals surface area contributed by atoms with Gasteiger partial charge in [-0.1, -0.05) is 19.1 Å². The van der Waals surface area contributed by atoms with E-state index in [1.807, 2.05) is 11.3 Å². The second-order valence-electron chi connectivity index (χ2n) is 6.66. The molecule has 2 nitrogen and oxygen atoms in total. The van der Waals surface area contributed by atoms with Crippen LogP contribution in [0.4, 0.5) is 0 Å². The van der Waals surface area contributed by atoms with Gasteiger partial charge in [-0.3, -0.25) is 4.90 Å². The summed E-state index contributed by atoms with van der Waals surface area (Å²) < 4.78 is 0. The fraction of sp³-hybridized carbons (Fsp3) is 0.647. The van der Waals surface area contributed by atoms with E-state index in [1.54, 1.807) is 0 Å². The van der Waals surface area contributed by atoms with Gasteiger partial charge in [-0.2, -0.15) is 0 Å². The zero-order chi connectivity index (χ0) is 15.3. The van der Waals surface area contributed by atoms with Crippen LogP contribution in [0, 0.1) is 6.92 Å². The molecule has 1 aromatic rings. The fourth-order valence-corrected chi connectivity index (χ4v) is 3.08. The fourth-order valence-electron chi connectivity index (χ4n) is 2.09. The Balaban J connectivity index is 2.67. The minimum Gasteiger partial charge on any atom is -0.307 e. The van der Waals surface area contributed by atoms with E-state index in [0.717, 1.165) is 26.2 Å². The molecule has 0 fully saturated rings. The molecule has 1 aromatic heterocycles. The van der Waals surface area contributed by atoms with Crippen molar-refractivity contribution in [1.29, 1.82) is 0 Å². The van der Waals surface area contributed by atoms with Gasteiger partial charge in [-0.15, -0.1) is 11.3 Å². The summed E-state index contributed by atoms with van der Waals surface area (Å²) in [6.07, 6.45) is 0. The Hall–Kier alpha value is -0.640. The molecule has 0 aliphatic carbocycles. The topological polar surface area (TPSA) is 15.3 Å². The number of likely N-dealkylation sites (N-methyl/N-ethyl adjacent to an activating group) is 1. The molecule has 0 aliphatic rings. The minimum absolute atomic E-state index is 0.174. The van der Waals surface area contributed by atoms with E-state index in [2.05, 4.69) is 64.4 Å². The lowest BCUT2D eigenvalue weighted by molar-refractivity contribution is 0.304. The van der Waals surface area contributed by atoms with E-state index in [9.17, 15) is 0 Å². The zero-order valence-corrected chi connectivity index (χ0v) is 14.8. The van der Waals surface area contributed by atoms with Crippen molar-refractivity contribution in [2.75, 3.05) is 13.1 Å². The molecular formula is C17H30N2S. The predicted molar refractivity (Wildman–Crippen MR) is 91.4 cm³/mol. The molecule has 20 heavy (non-hydrogen) atoms. The van der Waals surface area contributed by atoms with Crippen LogP contribution < -0.4 is 5.32 Å². The molecule has 0 aliphatic heterocycles. The van der Waals surface area contributed by atoms with Crippen LogP contribution in [0.15, 0.2) is 18.2 Å². The highest BCUT2D eigenvalue weighted by molar-refractivity contribution is 7.12. The number of aryl methyl sites for hydroxylation is 1. The molecule has 1 rings (SSSR count). The average Bonchev–Trinajstić information content (AvgIpc) is 2.65. The second kappa shape index (κ2) is 7.39.